The predicted molar refractivity (Wildman–Crippen MR) is 89.1 cm³/mol. The minimum absolute atomic E-state index is 0.0618. The van der Waals surface area contributed by atoms with Gasteiger partial charge in [-0.05, 0) is 31.1 Å². The summed E-state index contributed by atoms with van der Waals surface area (Å²) in [6.45, 7) is 6.07. The second-order valence-electron chi connectivity index (χ2n) is 10.5. The fourth-order valence-corrected chi connectivity index (χ4v) is 8.08. The van der Waals surface area contributed by atoms with Crippen molar-refractivity contribution in [3.63, 3.8) is 0 Å². The van der Waals surface area contributed by atoms with E-state index in [1.807, 2.05) is 0 Å². The van der Waals surface area contributed by atoms with Crippen LogP contribution < -0.4 is 0 Å². The Balaban J connectivity index is 1.60. The molecule has 6 fully saturated rings. The van der Waals surface area contributed by atoms with Crippen molar-refractivity contribution < 1.29 is 34.0 Å². The Kier molecular flexibility index (Phi) is 2.77. The Hall–Kier alpha value is -1.02. The van der Waals surface area contributed by atoms with E-state index in [-0.39, 0.29) is 23.9 Å². The lowest BCUT2D eigenvalue weighted by molar-refractivity contribution is -0.252. The summed E-state index contributed by atoms with van der Waals surface area (Å²) in [4.78, 5) is 26.6. The van der Waals surface area contributed by atoms with Gasteiger partial charge in [-0.3, -0.25) is 9.59 Å². The molecule has 148 valence electrons. The molecule has 10 atom stereocenters. The van der Waals surface area contributed by atoms with Gasteiger partial charge >= 0.3 is 5.97 Å². The van der Waals surface area contributed by atoms with Gasteiger partial charge < -0.3 is 24.4 Å². The molecule has 2 N–H and O–H groups in total. The van der Waals surface area contributed by atoms with Gasteiger partial charge in [0.25, 0.3) is 0 Å². The van der Waals surface area contributed by atoms with E-state index in [0.29, 0.717) is 19.4 Å². The van der Waals surface area contributed by atoms with E-state index < -0.39 is 58.5 Å². The van der Waals surface area contributed by atoms with Crippen LogP contribution in [0.25, 0.3) is 0 Å². The second kappa shape index (κ2) is 4.42. The van der Waals surface area contributed by atoms with E-state index in [1.165, 1.54) is 6.92 Å². The largest absolute Gasteiger partial charge is 0.461 e. The van der Waals surface area contributed by atoms with Gasteiger partial charge in [-0.2, -0.15) is 0 Å². The van der Waals surface area contributed by atoms with Crippen LogP contribution in [0.1, 0.15) is 40.0 Å². The highest BCUT2D eigenvalue weighted by Gasteiger charge is 2.83. The fraction of sp³-hybridized carbons (Fsp3) is 0.900. The minimum atomic E-state index is -1.62. The van der Waals surface area contributed by atoms with Crippen LogP contribution in [0, 0.1) is 34.0 Å². The van der Waals surface area contributed by atoms with E-state index in [1.54, 1.807) is 0 Å². The van der Waals surface area contributed by atoms with Crippen molar-refractivity contribution >= 4 is 11.8 Å². The Morgan fingerprint density at radius 2 is 1.81 bits per heavy atom. The molecule has 3 heterocycles. The molecule has 3 aliphatic carbocycles. The molecule has 0 aromatic rings. The Labute approximate surface area is 157 Å². The van der Waals surface area contributed by atoms with Gasteiger partial charge in [-0.25, -0.2) is 0 Å². The highest BCUT2D eigenvalue weighted by molar-refractivity contribution is 6.11. The molecule has 6 rings (SSSR count). The Bertz CT molecular complexity index is 774. The molecule has 0 aromatic carbocycles. The lowest BCUT2D eigenvalue weighted by Gasteiger charge is -2.61. The highest BCUT2D eigenvalue weighted by atomic mass is 16.7. The molecule has 0 aromatic heterocycles. The van der Waals surface area contributed by atoms with Gasteiger partial charge in [0.1, 0.15) is 17.1 Å². The van der Waals surface area contributed by atoms with Crippen molar-refractivity contribution in [1.29, 1.82) is 0 Å². The van der Waals surface area contributed by atoms with Crippen LogP contribution in [0.5, 0.6) is 0 Å². The van der Waals surface area contributed by atoms with E-state index in [4.69, 9.17) is 14.2 Å². The molecular weight excluding hydrogens is 352 g/mol. The van der Waals surface area contributed by atoms with Crippen LogP contribution in [-0.4, -0.2) is 58.8 Å². The smallest absolute Gasteiger partial charge is 0.320 e. The van der Waals surface area contributed by atoms with Gasteiger partial charge in [-0.1, -0.05) is 13.8 Å². The van der Waals surface area contributed by atoms with Crippen LogP contribution in [0.2, 0.25) is 0 Å². The number of aliphatic hydroxyl groups is 2. The lowest BCUT2D eigenvalue weighted by atomic mass is 9.43. The predicted octanol–water partition coefficient (Wildman–Crippen LogP) is 0.407. The zero-order valence-electron chi connectivity index (χ0n) is 15.8. The zero-order chi connectivity index (χ0) is 19.1. The number of rotatable bonds is 0. The third-order valence-electron chi connectivity index (χ3n) is 9.17. The molecule has 3 saturated carbocycles. The molecule has 0 unspecified atom stereocenters. The fourth-order valence-electron chi connectivity index (χ4n) is 8.08. The third-order valence-corrected chi connectivity index (χ3v) is 9.17. The SMILES string of the molecule is CC1(C)[C@H]2[C@@H]3OC[C@@]24[C@H](C[C@H]1O3)OC(=O)[C@@]12C[C@@H](C[C@H](O)[C@H]14)[C@](C)(O)C2=O. The summed E-state index contributed by atoms with van der Waals surface area (Å²) in [5.41, 5.74) is -3.96. The number of ketones is 1. The summed E-state index contributed by atoms with van der Waals surface area (Å²) in [6, 6.07) is 0. The summed E-state index contributed by atoms with van der Waals surface area (Å²) in [7, 11) is 0. The normalized spacial score (nSPS) is 62.2. The second-order valence-corrected chi connectivity index (χ2v) is 10.5. The van der Waals surface area contributed by atoms with Gasteiger partial charge in [-0.15, -0.1) is 0 Å². The third kappa shape index (κ3) is 1.49. The highest BCUT2D eigenvalue weighted by Crippen LogP contribution is 2.74. The van der Waals surface area contributed by atoms with Crippen LogP contribution >= 0.6 is 0 Å². The van der Waals surface area contributed by atoms with Crippen molar-refractivity contribution in [1.82, 2.24) is 0 Å². The molecule has 27 heavy (non-hydrogen) atoms. The number of aliphatic hydroxyl groups excluding tert-OH is 1. The molecule has 0 amide bonds. The number of ether oxygens (including phenoxy) is 3. The van der Waals surface area contributed by atoms with Crippen LogP contribution in [0.3, 0.4) is 0 Å². The summed E-state index contributed by atoms with van der Waals surface area (Å²) >= 11 is 0. The van der Waals surface area contributed by atoms with Crippen molar-refractivity contribution in [2.24, 2.45) is 34.0 Å². The lowest BCUT2D eigenvalue weighted by Crippen LogP contribution is -2.71. The van der Waals surface area contributed by atoms with Gasteiger partial charge in [0.2, 0.25) is 0 Å². The maximum atomic E-state index is 13.4. The number of esters is 1. The molecule has 3 aliphatic heterocycles. The van der Waals surface area contributed by atoms with E-state index >= 15 is 0 Å². The van der Waals surface area contributed by atoms with Crippen LogP contribution in [-0.2, 0) is 23.8 Å². The minimum Gasteiger partial charge on any atom is -0.461 e. The average Bonchev–Trinajstić information content (AvgIpc) is 3.07. The molecule has 6 aliphatic rings. The first-order valence-corrected chi connectivity index (χ1v) is 10.0. The molecular formula is C20H26O7. The first-order chi connectivity index (χ1) is 12.6. The first-order valence-electron chi connectivity index (χ1n) is 10.0. The molecule has 7 heteroatoms. The van der Waals surface area contributed by atoms with Gasteiger partial charge in [0.05, 0.1) is 18.8 Å². The molecule has 0 radical (unpaired) electrons. The number of carbonyl (C=O) groups is 2. The monoisotopic (exact) mass is 378 g/mol. The standard InChI is InChI=1S/C20H26O7/c1-17(2)10-5-11-20(7-25-14(26-10)13(17)20)12-9(21)4-8-6-19(12,16(23)27-11)15(22)18(8,3)24/h8-14,21,24H,4-7H2,1-3H3/t8-,9+,10-,11+,12-,13-,14-,18+,19+,20+/m1/s1. The Morgan fingerprint density at radius 1 is 1.07 bits per heavy atom. The van der Waals surface area contributed by atoms with Crippen molar-refractivity contribution in [3.8, 4) is 0 Å². The number of carbonyl (C=O) groups excluding carboxylic acids is 2. The first kappa shape index (κ1) is 16.9. The number of hydrogen-bond donors (Lipinski definition) is 2. The van der Waals surface area contributed by atoms with Crippen LogP contribution in [0.4, 0.5) is 0 Å². The number of hydrogen-bond acceptors (Lipinski definition) is 7. The van der Waals surface area contributed by atoms with Crippen LogP contribution in [0.15, 0.2) is 0 Å². The topological polar surface area (TPSA) is 102 Å². The van der Waals surface area contributed by atoms with Crippen molar-refractivity contribution in [2.75, 3.05) is 6.61 Å². The quantitative estimate of drug-likeness (QED) is 0.465. The van der Waals surface area contributed by atoms with Gasteiger partial charge in [0.15, 0.2) is 12.1 Å². The summed E-state index contributed by atoms with van der Waals surface area (Å²) < 4.78 is 18.1. The molecule has 2 spiro atoms. The summed E-state index contributed by atoms with van der Waals surface area (Å²) in [5.74, 6) is -2.16. The van der Waals surface area contributed by atoms with Gasteiger partial charge in [0, 0.05) is 23.7 Å². The van der Waals surface area contributed by atoms with E-state index in [2.05, 4.69) is 13.8 Å². The maximum absolute atomic E-state index is 13.4. The number of fused-ring (bicyclic) bond motifs is 2. The van der Waals surface area contributed by atoms with Crippen molar-refractivity contribution in [2.45, 2.75) is 70.2 Å². The van der Waals surface area contributed by atoms with E-state index in [9.17, 15) is 19.8 Å². The van der Waals surface area contributed by atoms with Crippen molar-refractivity contribution in [3.05, 3.63) is 0 Å². The van der Waals surface area contributed by atoms with E-state index in [0.717, 1.165) is 0 Å². The Morgan fingerprint density at radius 3 is 2.56 bits per heavy atom. The average molecular weight is 378 g/mol. The summed E-state index contributed by atoms with van der Waals surface area (Å²) in [6.07, 6.45) is -0.643. The molecule has 4 bridgehead atoms. The zero-order valence-corrected chi connectivity index (χ0v) is 15.8. The summed E-state index contributed by atoms with van der Waals surface area (Å²) in [5, 5.41) is 22.1. The maximum Gasteiger partial charge on any atom is 0.320 e. The number of Topliss-reactive ketones (excluding diaryl/α,β-unsaturated/α-hetero) is 1. The molecule has 3 saturated heterocycles. The molecule has 7 nitrogen and oxygen atoms in total.